The van der Waals surface area contributed by atoms with Crippen molar-refractivity contribution in [1.82, 2.24) is 34.3 Å². The molecule has 2 fully saturated rings. The van der Waals surface area contributed by atoms with E-state index in [-0.39, 0.29) is 11.8 Å². The van der Waals surface area contributed by atoms with Crippen molar-refractivity contribution in [2.45, 2.75) is 70.5 Å². The molecule has 0 spiro atoms. The second-order valence-electron chi connectivity index (χ2n) is 8.92. The summed E-state index contributed by atoms with van der Waals surface area (Å²) in [5.41, 5.74) is 1.54. The van der Waals surface area contributed by atoms with E-state index in [4.69, 9.17) is 0 Å². The Balaban J connectivity index is 1.30. The molecule has 1 unspecified atom stereocenters. The van der Waals surface area contributed by atoms with E-state index in [1.807, 2.05) is 24.9 Å². The number of carbonyl (C=O) groups excluding carboxylic acids is 1. The highest BCUT2D eigenvalue weighted by atomic mass is 16.2. The van der Waals surface area contributed by atoms with Crippen molar-refractivity contribution in [2.24, 2.45) is 7.05 Å². The van der Waals surface area contributed by atoms with Crippen LogP contribution in [0.4, 0.5) is 0 Å². The Morgan fingerprint density at radius 3 is 2.66 bits per heavy atom. The fourth-order valence-corrected chi connectivity index (χ4v) is 5.43. The quantitative estimate of drug-likeness (QED) is 0.793. The molecule has 8 nitrogen and oxygen atoms in total. The monoisotopic (exact) mass is 397 g/mol. The van der Waals surface area contributed by atoms with Crippen molar-refractivity contribution in [3.8, 4) is 0 Å². The molecule has 156 valence electrons. The largest absolute Gasteiger partial charge is 0.337 e. The summed E-state index contributed by atoms with van der Waals surface area (Å²) in [7, 11) is 1.84. The number of carbonyl (C=O) groups is 1. The van der Waals surface area contributed by atoms with Crippen LogP contribution in [0.15, 0.2) is 6.07 Å². The minimum Gasteiger partial charge on any atom is -0.337 e. The Morgan fingerprint density at radius 1 is 1.07 bits per heavy atom. The zero-order valence-electron chi connectivity index (χ0n) is 17.5. The number of aryl methyl sites for hydroxylation is 2. The van der Waals surface area contributed by atoms with Crippen molar-refractivity contribution in [1.29, 1.82) is 0 Å². The zero-order valence-corrected chi connectivity index (χ0v) is 17.5. The third kappa shape index (κ3) is 3.47. The molecule has 1 aliphatic carbocycles. The molecule has 0 radical (unpaired) electrons. The smallest absolute Gasteiger partial charge is 0.272 e. The number of aromatic nitrogens is 5. The molecule has 8 heteroatoms. The van der Waals surface area contributed by atoms with Crippen LogP contribution in [0.5, 0.6) is 0 Å². The highest BCUT2D eigenvalue weighted by molar-refractivity contribution is 5.92. The van der Waals surface area contributed by atoms with E-state index in [1.165, 1.54) is 25.7 Å². The second-order valence-corrected chi connectivity index (χ2v) is 8.92. The van der Waals surface area contributed by atoms with Crippen molar-refractivity contribution in [3.63, 3.8) is 0 Å². The van der Waals surface area contributed by atoms with Crippen molar-refractivity contribution in [2.75, 3.05) is 19.6 Å². The lowest BCUT2D eigenvalue weighted by molar-refractivity contribution is 0.0690. The summed E-state index contributed by atoms with van der Waals surface area (Å²) in [6.45, 7) is 6.42. The fraction of sp³-hybridized carbons (Fsp3) is 0.714. The molecule has 2 aliphatic heterocycles. The number of likely N-dealkylation sites (tertiary alicyclic amines) is 1. The predicted molar refractivity (Wildman–Crippen MR) is 109 cm³/mol. The molecule has 1 saturated carbocycles. The van der Waals surface area contributed by atoms with E-state index >= 15 is 0 Å². The maximum Gasteiger partial charge on any atom is 0.272 e. The van der Waals surface area contributed by atoms with Crippen LogP contribution in [-0.4, -0.2) is 65.9 Å². The minimum absolute atomic E-state index is 0.0728. The highest BCUT2D eigenvalue weighted by Gasteiger charge is 2.33. The van der Waals surface area contributed by atoms with Crippen LogP contribution in [0, 0.1) is 6.92 Å². The molecular weight excluding hydrogens is 366 g/mol. The highest BCUT2D eigenvalue weighted by Crippen LogP contribution is 2.30. The fourth-order valence-electron chi connectivity index (χ4n) is 5.43. The first-order chi connectivity index (χ1) is 14.1. The van der Waals surface area contributed by atoms with Crippen LogP contribution < -0.4 is 0 Å². The number of hydrogen-bond acceptors (Lipinski definition) is 5. The predicted octanol–water partition coefficient (Wildman–Crippen LogP) is 2.10. The lowest BCUT2D eigenvalue weighted by atomic mass is 9.96. The van der Waals surface area contributed by atoms with Gasteiger partial charge in [-0.05, 0) is 38.7 Å². The van der Waals surface area contributed by atoms with E-state index in [1.54, 1.807) is 4.68 Å². The number of piperidine rings is 1. The third-order valence-electron chi connectivity index (χ3n) is 6.95. The first-order valence-electron chi connectivity index (χ1n) is 11.1. The van der Waals surface area contributed by atoms with Crippen molar-refractivity contribution >= 4 is 5.91 Å². The first kappa shape index (κ1) is 18.8. The lowest BCUT2D eigenvalue weighted by Crippen LogP contribution is -2.42. The van der Waals surface area contributed by atoms with Gasteiger partial charge in [-0.15, -0.1) is 10.2 Å². The van der Waals surface area contributed by atoms with Gasteiger partial charge in [-0.3, -0.25) is 14.4 Å². The van der Waals surface area contributed by atoms with E-state index in [2.05, 4.69) is 24.8 Å². The summed E-state index contributed by atoms with van der Waals surface area (Å²) in [5, 5.41) is 13.5. The van der Waals surface area contributed by atoms with Gasteiger partial charge in [-0.1, -0.05) is 12.8 Å². The Bertz CT molecular complexity index is 895. The molecule has 2 aromatic rings. The van der Waals surface area contributed by atoms with Gasteiger partial charge >= 0.3 is 0 Å². The van der Waals surface area contributed by atoms with Crippen LogP contribution in [0.3, 0.4) is 0 Å². The van der Waals surface area contributed by atoms with Gasteiger partial charge in [0.1, 0.15) is 17.3 Å². The van der Waals surface area contributed by atoms with Gasteiger partial charge < -0.3 is 9.47 Å². The SMILES string of the molecule is Cc1cc(C(=O)N2CCCC(c3nnc4n3CCN(C3CCCC3)C4)C2)n(C)n1. The average molecular weight is 398 g/mol. The number of rotatable bonds is 3. The zero-order chi connectivity index (χ0) is 20.0. The molecule has 2 aromatic heterocycles. The third-order valence-corrected chi connectivity index (χ3v) is 6.95. The molecule has 3 aliphatic rings. The molecule has 4 heterocycles. The number of hydrogen-bond donors (Lipinski definition) is 0. The van der Waals surface area contributed by atoms with Crippen LogP contribution in [0.2, 0.25) is 0 Å². The first-order valence-corrected chi connectivity index (χ1v) is 11.1. The number of nitrogens with zero attached hydrogens (tertiary/aromatic N) is 7. The maximum atomic E-state index is 13.0. The van der Waals surface area contributed by atoms with Gasteiger partial charge in [0.25, 0.3) is 5.91 Å². The molecule has 29 heavy (non-hydrogen) atoms. The second kappa shape index (κ2) is 7.55. The lowest BCUT2D eigenvalue weighted by Gasteiger charge is -2.35. The summed E-state index contributed by atoms with van der Waals surface area (Å²) >= 11 is 0. The molecular formula is C21H31N7O. The Kier molecular flexibility index (Phi) is 4.89. The van der Waals surface area contributed by atoms with E-state index in [0.29, 0.717) is 12.2 Å². The van der Waals surface area contributed by atoms with Gasteiger partial charge in [-0.25, -0.2) is 0 Å². The standard InChI is InChI=1S/C21H31N7O/c1-15-12-18(25(2)24-15)21(29)27-9-5-6-16(13-27)20-23-22-19-14-26(10-11-28(19)20)17-7-3-4-8-17/h12,16-17H,3-11,13-14H2,1-2H3. The molecule has 1 amide bonds. The maximum absolute atomic E-state index is 13.0. The topological polar surface area (TPSA) is 72.1 Å². The Hall–Kier alpha value is -2.22. The normalized spacial score (nSPS) is 23.5. The van der Waals surface area contributed by atoms with E-state index < -0.39 is 0 Å². The number of fused-ring (bicyclic) bond motifs is 1. The molecule has 5 rings (SSSR count). The molecule has 1 atom stereocenters. The van der Waals surface area contributed by atoms with Crippen molar-refractivity contribution < 1.29 is 4.79 Å². The van der Waals surface area contributed by atoms with Crippen LogP contribution in [0.1, 0.15) is 72.3 Å². The van der Waals surface area contributed by atoms with Gasteiger partial charge in [0.15, 0.2) is 0 Å². The average Bonchev–Trinajstić information content (AvgIpc) is 3.46. The Morgan fingerprint density at radius 2 is 1.90 bits per heavy atom. The van der Waals surface area contributed by atoms with Crippen molar-refractivity contribution in [3.05, 3.63) is 29.1 Å². The summed E-state index contributed by atoms with van der Waals surface area (Å²) in [5.74, 6) is 2.51. The molecule has 0 N–H and O–H groups in total. The van der Waals surface area contributed by atoms with Crippen LogP contribution in [0.25, 0.3) is 0 Å². The Labute approximate surface area is 171 Å². The summed E-state index contributed by atoms with van der Waals surface area (Å²) in [4.78, 5) is 17.6. The van der Waals surface area contributed by atoms with Crippen LogP contribution >= 0.6 is 0 Å². The van der Waals surface area contributed by atoms with Gasteiger partial charge in [0.2, 0.25) is 0 Å². The molecule has 1 saturated heterocycles. The minimum atomic E-state index is 0.0728. The number of amides is 1. The summed E-state index contributed by atoms with van der Waals surface area (Å²) < 4.78 is 4.02. The summed E-state index contributed by atoms with van der Waals surface area (Å²) in [6, 6.07) is 2.61. The van der Waals surface area contributed by atoms with Crippen LogP contribution in [-0.2, 0) is 20.1 Å². The van der Waals surface area contributed by atoms with E-state index in [0.717, 1.165) is 62.4 Å². The van der Waals surface area contributed by atoms with Gasteiger partial charge in [-0.2, -0.15) is 5.10 Å². The van der Waals surface area contributed by atoms with Gasteiger partial charge in [0, 0.05) is 45.2 Å². The molecule has 0 bridgehead atoms. The van der Waals surface area contributed by atoms with Gasteiger partial charge in [0.05, 0.1) is 12.2 Å². The summed E-state index contributed by atoms with van der Waals surface area (Å²) in [6.07, 6.45) is 7.45. The molecule has 0 aromatic carbocycles. The van der Waals surface area contributed by atoms with E-state index in [9.17, 15) is 4.79 Å².